The fourth-order valence-corrected chi connectivity index (χ4v) is 2.06. The first-order chi connectivity index (χ1) is 9.11. The maximum Gasteiger partial charge on any atom is 0.143 e. The Bertz CT molecular complexity index is 650. The van der Waals surface area contributed by atoms with Crippen LogP contribution in [0.2, 0.25) is 0 Å². The highest BCUT2D eigenvalue weighted by atomic mass is 79.9. The van der Waals surface area contributed by atoms with Crippen molar-refractivity contribution in [2.45, 2.75) is 6.54 Å². The summed E-state index contributed by atoms with van der Waals surface area (Å²) in [6.07, 6.45) is 0. The van der Waals surface area contributed by atoms with E-state index in [4.69, 9.17) is 5.26 Å². The molecule has 2 nitrogen and oxygen atoms in total. The summed E-state index contributed by atoms with van der Waals surface area (Å²) in [6, 6.07) is 10.8. The number of benzene rings is 2. The van der Waals surface area contributed by atoms with Gasteiger partial charge in [0.1, 0.15) is 23.3 Å². The third-order valence-electron chi connectivity index (χ3n) is 2.59. The number of nitrogens with one attached hydrogen (secondary N) is 1. The van der Waals surface area contributed by atoms with Crippen LogP contribution in [0, 0.1) is 23.0 Å². The Kier molecular flexibility index (Phi) is 4.13. The SMILES string of the molecule is N#Cc1c(F)cccc1NCc1ccc(F)c(Br)c1. The minimum Gasteiger partial charge on any atom is -0.380 e. The summed E-state index contributed by atoms with van der Waals surface area (Å²) in [5.74, 6) is -0.903. The third kappa shape index (κ3) is 3.09. The van der Waals surface area contributed by atoms with Crippen molar-refractivity contribution in [3.05, 3.63) is 63.6 Å². The van der Waals surface area contributed by atoms with Crippen LogP contribution < -0.4 is 5.32 Å². The van der Waals surface area contributed by atoms with Crippen LogP contribution in [-0.2, 0) is 6.54 Å². The zero-order valence-corrected chi connectivity index (χ0v) is 11.3. The molecule has 0 aliphatic heterocycles. The van der Waals surface area contributed by atoms with E-state index in [0.717, 1.165) is 5.56 Å². The summed E-state index contributed by atoms with van der Waals surface area (Å²) in [5.41, 5.74) is 1.22. The van der Waals surface area contributed by atoms with Gasteiger partial charge in [-0.25, -0.2) is 8.78 Å². The number of nitrogens with zero attached hydrogens (tertiary/aromatic N) is 1. The Labute approximate surface area is 117 Å². The van der Waals surface area contributed by atoms with Crippen LogP contribution in [0.1, 0.15) is 11.1 Å². The molecule has 0 saturated carbocycles. The van der Waals surface area contributed by atoms with Gasteiger partial charge in [0.05, 0.1) is 10.2 Å². The van der Waals surface area contributed by atoms with Gasteiger partial charge in [-0.05, 0) is 45.8 Å². The number of hydrogen-bond acceptors (Lipinski definition) is 2. The lowest BCUT2D eigenvalue weighted by atomic mass is 10.1. The summed E-state index contributed by atoms with van der Waals surface area (Å²) in [6.45, 7) is 0.372. The Hall–Kier alpha value is -1.93. The van der Waals surface area contributed by atoms with Gasteiger partial charge in [-0.2, -0.15) is 5.26 Å². The van der Waals surface area contributed by atoms with Gasteiger partial charge in [0.25, 0.3) is 0 Å². The van der Waals surface area contributed by atoms with E-state index in [9.17, 15) is 8.78 Å². The Morgan fingerprint density at radius 3 is 2.63 bits per heavy atom. The van der Waals surface area contributed by atoms with Gasteiger partial charge in [0, 0.05) is 6.54 Å². The first kappa shape index (κ1) is 13.5. The first-order valence-electron chi connectivity index (χ1n) is 5.48. The maximum atomic E-state index is 13.4. The van der Waals surface area contributed by atoms with E-state index >= 15 is 0 Å². The highest BCUT2D eigenvalue weighted by Crippen LogP contribution is 2.20. The molecule has 0 saturated heterocycles. The van der Waals surface area contributed by atoms with Crippen molar-refractivity contribution in [1.82, 2.24) is 0 Å². The van der Waals surface area contributed by atoms with Crippen LogP contribution in [0.5, 0.6) is 0 Å². The van der Waals surface area contributed by atoms with E-state index in [2.05, 4.69) is 21.2 Å². The topological polar surface area (TPSA) is 35.8 Å². The molecule has 0 unspecified atom stereocenters. The van der Waals surface area contributed by atoms with Gasteiger partial charge < -0.3 is 5.32 Å². The summed E-state index contributed by atoms with van der Waals surface area (Å²) < 4.78 is 26.8. The van der Waals surface area contributed by atoms with E-state index in [-0.39, 0.29) is 11.4 Å². The highest BCUT2D eigenvalue weighted by molar-refractivity contribution is 9.10. The van der Waals surface area contributed by atoms with Crippen molar-refractivity contribution >= 4 is 21.6 Å². The fraction of sp³-hybridized carbons (Fsp3) is 0.0714. The lowest BCUT2D eigenvalue weighted by Gasteiger charge is -2.09. The molecule has 2 rings (SSSR count). The van der Waals surface area contributed by atoms with Gasteiger partial charge in [0.2, 0.25) is 0 Å². The lowest BCUT2D eigenvalue weighted by molar-refractivity contribution is 0.620. The van der Waals surface area contributed by atoms with E-state index < -0.39 is 5.82 Å². The van der Waals surface area contributed by atoms with Gasteiger partial charge in [0.15, 0.2) is 0 Å². The summed E-state index contributed by atoms with van der Waals surface area (Å²) in [7, 11) is 0. The zero-order valence-electron chi connectivity index (χ0n) is 9.75. The summed E-state index contributed by atoms with van der Waals surface area (Å²) in [5, 5.41) is 11.9. The van der Waals surface area contributed by atoms with Crippen LogP contribution in [0.25, 0.3) is 0 Å². The maximum absolute atomic E-state index is 13.4. The fourth-order valence-electron chi connectivity index (χ4n) is 1.63. The molecule has 0 heterocycles. The molecule has 5 heteroatoms. The largest absolute Gasteiger partial charge is 0.380 e. The van der Waals surface area contributed by atoms with Crippen LogP contribution in [0.15, 0.2) is 40.9 Å². The molecule has 1 N–H and O–H groups in total. The Morgan fingerprint density at radius 1 is 1.16 bits per heavy atom. The van der Waals surface area contributed by atoms with E-state index in [0.29, 0.717) is 16.7 Å². The second-order valence-electron chi connectivity index (χ2n) is 3.88. The number of halogens is 3. The molecule has 0 aliphatic rings. The molecule has 0 bridgehead atoms. The zero-order chi connectivity index (χ0) is 13.8. The minimum absolute atomic E-state index is 0.0244. The lowest BCUT2D eigenvalue weighted by Crippen LogP contribution is -2.02. The van der Waals surface area contributed by atoms with Gasteiger partial charge >= 0.3 is 0 Å². The molecule has 0 spiro atoms. The third-order valence-corrected chi connectivity index (χ3v) is 3.20. The molecule has 0 amide bonds. The molecular formula is C14H9BrF2N2. The quantitative estimate of drug-likeness (QED) is 0.918. The molecule has 96 valence electrons. The second kappa shape index (κ2) is 5.81. The van der Waals surface area contributed by atoms with Crippen molar-refractivity contribution in [2.75, 3.05) is 5.32 Å². The number of anilines is 1. The predicted molar refractivity (Wildman–Crippen MR) is 72.5 cm³/mol. The Morgan fingerprint density at radius 2 is 1.95 bits per heavy atom. The smallest absolute Gasteiger partial charge is 0.143 e. The average Bonchev–Trinajstić information content (AvgIpc) is 2.40. The molecule has 19 heavy (non-hydrogen) atoms. The normalized spacial score (nSPS) is 10.0. The van der Waals surface area contributed by atoms with E-state index in [1.807, 2.05) is 6.07 Å². The number of hydrogen-bond donors (Lipinski definition) is 1. The second-order valence-corrected chi connectivity index (χ2v) is 4.73. The van der Waals surface area contributed by atoms with Gasteiger partial charge in [-0.3, -0.25) is 0 Å². The molecule has 2 aromatic rings. The number of rotatable bonds is 3. The van der Waals surface area contributed by atoms with Crippen LogP contribution in [0.4, 0.5) is 14.5 Å². The van der Waals surface area contributed by atoms with Crippen molar-refractivity contribution in [3.63, 3.8) is 0 Å². The van der Waals surface area contributed by atoms with E-state index in [1.165, 1.54) is 18.2 Å². The van der Waals surface area contributed by atoms with Crippen molar-refractivity contribution < 1.29 is 8.78 Å². The number of nitriles is 1. The van der Waals surface area contributed by atoms with Crippen molar-refractivity contribution in [2.24, 2.45) is 0 Å². The predicted octanol–water partition coefficient (Wildman–Crippen LogP) is 4.21. The summed E-state index contributed by atoms with van der Waals surface area (Å²) in [4.78, 5) is 0. The minimum atomic E-state index is -0.562. The van der Waals surface area contributed by atoms with Crippen LogP contribution in [-0.4, -0.2) is 0 Å². The average molecular weight is 323 g/mol. The molecule has 0 aromatic heterocycles. The molecule has 0 fully saturated rings. The molecular weight excluding hydrogens is 314 g/mol. The van der Waals surface area contributed by atoms with E-state index in [1.54, 1.807) is 18.2 Å². The monoisotopic (exact) mass is 322 g/mol. The standard InChI is InChI=1S/C14H9BrF2N2/c15-11-6-9(4-5-13(11)17)8-19-14-3-1-2-12(16)10(14)7-18/h1-6,19H,8H2. The van der Waals surface area contributed by atoms with Crippen LogP contribution in [0.3, 0.4) is 0 Å². The van der Waals surface area contributed by atoms with Gasteiger partial charge in [-0.15, -0.1) is 0 Å². The first-order valence-corrected chi connectivity index (χ1v) is 6.27. The highest BCUT2D eigenvalue weighted by Gasteiger charge is 2.07. The molecule has 2 aromatic carbocycles. The summed E-state index contributed by atoms with van der Waals surface area (Å²) >= 11 is 3.10. The molecule has 0 aliphatic carbocycles. The molecule has 0 atom stereocenters. The van der Waals surface area contributed by atoms with Gasteiger partial charge in [-0.1, -0.05) is 12.1 Å². The molecule has 0 radical (unpaired) electrons. The van der Waals surface area contributed by atoms with Crippen molar-refractivity contribution in [1.29, 1.82) is 5.26 Å². The van der Waals surface area contributed by atoms with Crippen molar-refractivity contribution in [3.8, 4) is 6.07 Å². The van der Waals surface area contributed by atoms with Crippen LogP contribution >= 0.6 is 15.9 Å². The Balaban J connectivity index is 2.17.